The van der Waals surface area contributed by atoms with Crippen LogP contribution in [-0.2, 0) is 11.2 Å². The first-order valence-corrected chi connectivity index (χ1v) is 9.78. The Morgan fingerprint density at radius 2 is 2.21 bits per heavy atom. The van der Waals surface area contributed by atoms with E-state index in [9.17, 15) is 15.0 Å². The van der Waals surface area contributed by atoms with Crippen LogP contribution in [0.25, 0.3) is 0 Å². The van der Waals surface area contributed by atoms with Crippen LogP contribution in [0.5, 0.6) is 0 Å². The molecule has 0 saturated carbocycles. The van der Waals surface area contributed by atoms with Gasteiger partial charge >= 0.3 is 5.97 Å². The van der Waals surface area contributed by atoms with E-state index in [-0.39, 0.29) is 24.5 Å². The summed E-state index contributed by atoms with van der Waals surface area (Å²) in [4.78, 5) is 18.6. The number of aliphatic hydroxyl groups excluding tert-OH is 1. The van der Waals surface area contributed by atoms with E-state index in [0.29, 0.717) is 18.7 Å². The largest absolute Gasteiger partial charge is 0.481 e. The molecule has 0 amide bonds. The number of nitrogens with zero attached hydrogens (tertiary/aromatic N) is 5. The lowest BCUT2D eigenvalue weighted by Gasteiger charge is -2.25. The van der Waals surface area contributed by atoms with Gasteiger partial charge in [0.25, 0.3) is 0 Å². The zero-order valence-electron chi connectivity index (χ0n) is 16.3. The summed E-state index contributed by atoms with van der Waals surface area (Å²) in [7, 11) is 0. The van der Waals surface area contributed by atoms with Gasteiger partial charge in [0, 0.05) is 18.7 Å². The first-order valence-electron chi connectivity index (χ1n) is 9.78. The average Bonchev–Trinajstić information content (AvgIpc) is 3.36. The number of aromatic nitrogens is 5. The number of hydrogen-bond acceptors (Lipinski definition) is 7. The maximum absolute atomic E-state index is 11.9. The standard InChI is InChI=1S/C19H28N6O3/c1-12(2)8-16(19(27)28)15(18-21-23-24-22-18)9-13-5-6-17(20-10-13)25-7-3-4-14(25)11-26/h5-6,10,12,14-16,26H,3-4,7-9,11H2,1-2H3,(H,27,28)(H,21,22,23,24). The van der Waals surface area contributed by atoms with Crippen LogP contribution in [0.1, 0.15) is 50.4 Å². The maximum atomic E-state index is 11.9. The molecule has 3 rings (SSSR count). The third-order valence-corrected chi connectivity index (χ3v) is 5.37. The molecular formula is C19H28N6O3. The number of aliphatic hydroxyl groups is 1. The summed E-state index contributed by atoms with van der Waals surface area (Å²) in [6.45, 7) is 5.03. The summed E-state index contributed by atoms with van der Waals surface area (Å²) >= 11 is 0. The van der Waals surface area contributed by atoms with Crippen molar-refractivity contribution in [1.29, 1.82) is 0 Å². The summed E-state index contributed by atoms with van der Waals surface area (Å²) in [6, 6.07) is 4.03. The van der Waals surface area contributed by atoms with Crippen molar-refractivity contribution in [2.45, 2.75) is 51.5 Å². The highest BCUT2D eigenvalue weighted by atomic mass is 16.4. The monoisotopic (exact) mass is 388 g/mol. The Labute approximate surface area is 164 Å². The number of aliphatic carboxylic acids is 1. The van der Waals surface area contributed by atoms with Crippen molar-refractivity contribution in [3.8, 4) is 0 Å². The Morgan fingerprint density at radius 3 is 2.79 bits per heavy atom. The number of rotatable bonds is 9. The van der Waals surface area contributed by atoms with E-state index in [2.05, 4.69) is 30.5 Å². The Kier molecular flexibility index (Phi) is 6.56. The summed E-state index contributed by atoms with van der Waals surface area (Å²) in [5.41, 5.74) is 0.924. The molecule has 3 unspecified atom stereocenters. The maximum Gasteiger partial charge on any atom is 0.307 e. The van der Waals surface area contributed by atoms with Crippen molar-refractivity contribution in [3.63, 3.8) is 0 Å². The fourth-order valence-electron chi connectivity index (χ4n) is 3.97. The highest BCUT2D eigenvalue weighted by molar-refractivity contribution is 5.71. The van der Waals surface area contributed by atoms with Gasteiger partial charge in [-0.15, -0.1) is 10.2 Å². The minimum Gasteiger partial charge on any atom is -0.481 e. The molecule has 152 valence electrons. The van der Waals surface area contributed by atoms with Crippen molar-refractivity contribution in [3.05, 3.63) is 29.7 Å². The Hall–Kier alpha value is -2.55. The van der Waals surface area contributed by atoms with Crippen molar-refractivity contribution >= 4 is 11.8 Å². The number of carboxylic acids is 1. The van der Waals surface area contributed by atoms with Crippen LogP contribution in [0.15, 0.2) is 18.3 Å². The van der Waals surface area contributed by atoms with Gasteiger partial charge in [0.1, 0.15) is 5.82 Å². The summed E-state index contributed by atoms with van der Waals surface area (Å²) < 4.78 is 0. The normalized spacial score (nSPS) is 19.1. The molecule has 28 heavy (non-hydrogen) atoms. The van der Waals surface area contributed by atoms with E-state index in [1.807, 2.05) is 26.0 Å². The number of nitrogens with one attached hydrogen (secondary N) is 1. The van der Waals surface area contributed by atoms with Crippen LogP contribution in [0.2, 0.25) is 0 Å². The third-order valence-electron chi connectivity index (χ3n) is 5.37. The van der Waals surface area contributed by atoms with Gasteiger partial charge < -0.3 is 15.1 Å². The fourth-order valence-corrected chi connectivity index (χ4v) is 3.97. The molecule has 3 N–H and O–H groups in total. The number of tetrazole rings is 1. The second kappa shape index (κ2) is 9.09. The number of aromatic amines is 1. The molecule has 1 aliphatic heterocycles. The molecule has 0 aromatic carbocycles. The quantitative estimate of drug-likeness (QED) is 0.591. The van der Waals surface area contributed by atoms with Crippen LogP contribution < -0.4 is 4.90 Å². The molecule has 0 radical (unpaired) electrons. The molecule has 1 fully saturated rings. The van der Waals surface area contributed by atoms with Gasteiger partial charge in [-0.3, -0.25) is 4.79 Å². The van der Waals surface area contributed by atoms with Crippen molar-refractivity contribution in [2.75, 3.05) is 18.1 Å². The zero-order chi connectivity index (χ0) is 20.1. The summed E-state index contributed by atoms with van der Waals surface area (Å²) in [6.07, 6.45) is 4.80. The molecule has 9 nitrogen and oxygen atoms in total. The van der Waals surface area contributed by atoms with E-state index in [0.717, 1.165) is 30.8 Å². The molecule has 9 heteroatoms. The number of carbonyl (C=O) groups is 1. The number of hydrogen-bond donors (Lipinski definition) is 3. The van der Waals surface area contributed by atoms with Crippen LogP contribution in [0.4, 0.5) is 5.82 Å². The van der Waals surface area contributed by atoms with Gasteiger partial charge in [0.05, 0.1) is 18.6 Å². The Balaban J connectivity index is 1.80. The van der Waals surface area contributed by atoms with Crippen LogP contribution in [0.3, 0.4) is 0 Å². The first kappa shape index (κ1) is 20.2. The number of anilines is 1. The lowest BCUT2D eigenvalue weighted by atomic mass is 9.81. The smallest absolute Gasteiger partial charge is 0.307 e. The second-order valence-corrected chi connectivity index (χ2v) is 7.85. The number of H-pyrrole nitrogens is 1. The van der Waals surface area contributed by atoms with E-state index in [1.54, 1.807) is 6.20 Å². The molecule has 3 atom stereocenters. The SMILES string of the molecule is CC(C)CC(C(=O)O)C(Cc1ccc(N2CCCC2CO)nc1)c1nn[nH]n1. The number of carboxylic acid groups (broad SMARTS) is 1. The molecule has 0 bridgehead atoms. The van der Waals surface area contributed by atoms with Crippen LogP contribution in [-0.4, -0.2) is 61.0 Å². The van der Waals surface area contributed by atoms with Crippen molar-refractivity contribution < 1.29 is 15.0 Å². The molecular weight excluding hydrogens is 360 g/mol. The predicted molar refractivity (Wildman–Crippen MR) is 103 cm³/mol. The molecule has 0 aliphatic carbocycles. The van der Waals surface area contributed by atoms with Gasteiger partial charge in [-0.1, -0.05) is 25.1 Å². The fraction of sp³-hybridized carbons (Fsp3) is 0.632. The third kappa shape index (κ3) is 4.64. The van der Waals surface area contributed by atoms with Crippen molar-refractivity contribution in [1.82, 2.24) is 25.6 Å². The minimum absolute atomic E-state index is 0.118. The molecule has 3 heterocycles. The molecule has 2 aromatic heterocycles. The Morgan fingerprint density at radius 1 is 1.39 bits per heavy atom. The lowest BCUT2D eigenvalue weighted by Crippen LogP contribution is -2.32. The minimum atomic E-state index is -0.851. The summed E-state index contributed by atoms with van der Waals surface area (Å²) in [5, 5.41) is 33.5. The lowest BCUT2D eigenvalue weighted by molar-refractivity contribution is -0.143. The first-order chi connectivity index (χ1) is 13.5. The van der Waals surface area contributed by atoms with Gasteiger partial charge in [-0.2, -0.15) is 5.21 Å². The van der Waals surface area contributed by atoms with E-state index in [1.165, 1.54) is 0 Å². The van der Waals surface area contributed by atoms with E-state index in [4.69, 9.17) is 0 Å². The van der Waals surface area contributed by atoms with E-state index >= 15 is 0 Å². The molecule has 2 aromatic rings. The van der Waals surface area contributed by atoms with Crippen LogP contribution >= 0.6 is 0 Å². The molecule has 0 spiro atoms. The number of pyridine rings is 1. The van der Waals surface area contributed by atoms with Crippen LogP contribution in [0, 0.1) is 11.8 Å². The predicted octanol–water partition coefficient (Wildman–Crippen LogP) is 1.63. The van der Waals surface area contributed by atoms with Gasteiger partial charge in [0.2, 0.25) is 0 Å². The topological polar surface area (TPSA) is 128 Å². The summed E-state index contributed by atoms with van der Waals surface area (Å²) in [5.74, 6) is -0.346. The van der Waals surface area contributed by atoms with Crippen molar-refractivity contribution in [2.24, 2.45) is 11.8 Å². The van der Waals surface area contributed by atoms with Gasteiger partial charge in [-0.05, 0) is 43.2 Å². The second-order valence-electron chi connectivity index (χ2n) is 7.85. The van der Waals surface area contributed by atoms with E-state index < -0.39 is 11.9 Å². The molecule has 1 saturated heterocycles. The van der Waals surface area contributed by atoms with Gasteiger partial charge in [-0.25, -0.2) is 4.98 Å². The Bertz CT molecular complexity index is 750. The zero-order valence-corrected chi connectivity index (χ0v) is 16.3. The average molecular weight is 388 g/mol. The highest BCUT2D eigenvalue weighted by Gasteiger charge is 2.33. The highest BCUT2D eigenvalue weighted by Crippen LogP contribution is 2.31. The van der Waals surface area contributed by atoms with Gasteiger partial charge in [0.15, 0.2) is 5.82 Å². The molecule has 1 aliphatic rings.